The van der Waals surface area contributed by atoms with Crippen molar-refractivity contribution < 1.29 is 9.18 Å². The number of nitrogen functional groups attached to an aromatic ring is 1. The highest BCUT2D eigenvalue weighted by atomic mass is 19.1. The SMILES string of the molecule is Cc1c(C(=O)NN)c2ccccc2n1Cc1ccc(F)cc1. The average Bonchev–Trinajstić information content (AvgIpc) is 2.81. The molecule has 0 saturated heterocycles. The highest BCUT2D eigenvalue weighted by Crippen LogP contribution is 2.26. The Hall–Kier alpha value is -2.66. The summed E-state index contributed by atoms with van der Waals surface area (Å²) in [5.41, 5.74) is 5.50. The van der Waals surface area contributed by atoms with Gasteiger partial charge in [-0.05, 0) is 30.7 Å². The molecule has 0 spiro atoms. The number of carbonyl (C=O) groups is 1. The number of hydrogen-bond donors (Lipinski definition) is 2. The van der Waals surface area contributed by atoms with Crippen LogP contribution in [0.4, 0.5) is 4.39 Å². The van der Waals surface area contributed by atoms with Gasteiger partial charge < -0.3 is 4.57 Å². The molecule has 1 aromatic heterocycles. The summed E-state index contributed by atoms with van der Waals surface area (Å²) in [4.78, 5) is 12.1. The fourth-order valence-electron chi connectivity index (χ4n) is 2.77. The molecule has 4 nitrogen and oxygen atoms in total. The first kappa shape index (κ1) is 14.3. The quantitative estimate of drug-likeness (QED) is 0.443. The van der Waals surface area contributed by atoms with Gasteiger partial charge in [0.05, 0.1) is 5.56 Å². The highest BCUT2D eigenvalue weighted by Gasteiger charge is 2.18. The maximum atomic E-state index is 13.0. The molecule has 0 aliphatic heterocycles. The summed E-state index contributed by atoms with van der Waals surface area (Å²) < 4.78 is 15.1. The van der Waals surface area contributed by atoms with Crippen LogP contribution in [0.15, 0.2) is 48.5 Å². The molecule has 0 bridgehead atoms. The number of hydrogen-bond acceptors (Lipinski definition) is 2. The molecular formula is C17H16FN3O. The van der Waals surface area contributed by atoms with Crippen LogP contribution in [0.2, 0.25) is 0 Å². The Balaban J connectivity index is 2.15. The average molecular weight is 297 g/mol. The number of nitrogens with one attached hydrogen (secondary N) is 1. The van der Waals surface area contributed by atoms with Crippen molar-refractivity contribution in [1.82, 2.24) is 9.99 Å². The summed E-state index contributed by atoms with van der Waals surface area (Å²) in [5, 5.41) is 0.852. The van der Waals surface area contributed by atoms with Gasteiger partial charge in [-0.3, -0.25) is 10.2 Å². The zero-order chi connectivity index (χ0) is 15.7. The first-order valence-electron chi connectivity index (χ1n) is 6.95. The number of aromatic nitrogens is 1. The van der Waals surface area contributed by atoms with Gasteiger partial charge in [0, 0.05) is 23.1 Å². The van der Waals surface area contributed by atoms with E-state index in [1.807, 2.05) is 35.8 Å². The number of benzene rings is 2. The zero-order valence-electron chi connectivity index (χ0n) is 12.1. The van der Waals surface area contributed by atoms with Crippen molar-refractivity contribution in [2.45, 2.75) is 13.5 Å². The smallest absolute Gasteiger partial charge is 0.267 e. The molecule has 5 heteroatoms. The van der Waals surface area contributed by atoms with E-state index in [9.17, 15) is 9.18 Å². The largest absolute Gasteiger partial charge is 0.340 e. The first-order valence-corrected chi connectivity index (χ1v) is 6.95. The lowest BCUT2D eigenvalue weighted by Gasteiger charge is -2.09. The standard InChI is InChI=1S/C17H16FN3O/c1-11-16(17(22)20-19)14-4-2-3-5-15(14)21(11)10-12-6-8-13(18)9-7-12/h2-9H,10,19H2,1H3,(H,20,22). The summed E-state index contributed by atoms with van der Waals surface area (Å²) in [6.45, 7) is 2.44. The number of hydrazine groups is 1. The lowest BCUT2D eigenvalue weighted by molar-refractivity contribution is 0.0954. The first-order chi connectivity index (χ1) is 10.6. The number of halogens is 1. The number of rotatable bonds is 3. The molecular weight excluding hydrogens is 281 g/mol. The number of nitrogens with two attached hydrogens (primary N) is 1. The third kappa shape index (κ3) is 2.35. The second-order valence-corrected chi connectivity index (χ2v) is 5.16. The van der Waals surface area contributed by atoms with E-state index in [-0.39, 0.29) is 11.7 Å². The number of fused-ring (bicyclic) bond motifs is 1. The molecule has 112 valence electrons. The molecule has 0 radical (unpaired) electrons. The maximum absolute atomic E-state index is 13.0. The number of amides is 1. The van der Waals surface area contributed by atoms with Crippen molar-refractivity contribution in [3.63, 3.8) is 0 Å². The van der Waals surface area contributed by atoms with Gasteiger partial charge in [-0.2, -0.15) is 0 Å². The second kappa shape index (κ2) is 5.61. The van der Waals surface area contributed by atoms with Crippen molar-refractivity contribution in [2.24, 2.45) is 5.84 Å². The van der Waals surface area contributed by atoms with Crippen LogP contribution in [0.5, 0.6) is 0 Å². The molecule has 22 heavy (non-hydrogen) atoms. The van der Waals surface area contributed by atoms with Crippen molar-refractivity contribution in [3.8, 4) is 0 Å². The van der Waals surface area contributed by atoms with Crippen LogP contribution >= 0.6 is 0 Å². The number of nitrogens with zero attached hydrogens (tertiary/aromatic N) is 1. The van der Waals surface area contributed by atoms with E-state index in [4.69, 9.17) is 5.84 Å². The summed E-state index contributed by atoms with van der Waals surface area (Å²) in [6, 6.07) is 14.0. The molecule has 2 aromatic carbocycles. The fraction of sp³-hybridized carbons (Fsp3) is 0.118. The van der Waals surface area contributed by atoms with E-state index >= 15 is 0 Å². The second-order valence-electron chi connectivity index (χ2n) is 5.16. The number of para-hydroxylation sites is 1. The topological polar surface area (TPSA) is 60.1 Å². The molecule has 0 aliphatic carbocycles. The zero-order valence-corrected chi connectivity index (χ0v) is 12.1. The van der Waals surface area contributed by atoms with Crippen LogP contribution < -0.4 is 11.3 Å². The summed E-state index contributed by atoms with van der Waals surface area (Å²) in [5.74, 6) is 4.72. The third-order valence-corrected chi connectivity index (χ3v) is 3.84. The summed E-state index contributed by atoms with van der Waals surface area (Å²) >= 11 is 0. The van der Waals surface area contributed by atoms with Crippen LogP contribution in [-0.4, -0.2) is 10.5 Å². The Morgan fingerprint density at radius 3 is 2.55 bits per heavy atom. The predicted octanol–water partition coefficient (Wildman–Crippen LogP) is 2.74. The maximum Gasteiger partial charge on any atom is 0.267 e. The van der Waals surface area contributed by atoms with E-state index < -0.39 is 0 Å². The Kier molecular flexibility index (Phi) is 3.65. The molecule has 0 unspecified atom stereocenters. The van der Waals surface area contributed by atoms with Gasteiger partial charge in [0.15, 0.2) is 0 Å². The van der Waals surface area contributed by atoms with Crippen molar-refractivity contribution in [3.05, 3.63) is 71.2 Å². The Labute approximate surface area is 127 Å². The van der Waals surface area contributed by atoms with Gasteiger partial charge in [-0.1, -0.05) is 30.3 Å². The van der Waals surface area contributed by atoms with E-state index in [1.54, 1.807) is 12.1 Å². The van der Waals surface area contributed by atoms with Crippen LogP contribution in [-0.2, 0) is 6.54 Å². The highest BCUT2D eigenvalue weighted by molar-refractivity contribution is 6.08. The van der Waals surface area contributed by atoms with Crippen molar-refractivity contribution >= 4 is 16.8 Å². The Bertz CT molecular complexity index is 837. The van der Waals surface area contributed by atoms with E-state index in [0.29, 0.717) is 12.1 Å². The molecule has 0 fully saturated rings. The molecule has 1 heterocycles. The Morgan fingerprint density at radius 2 is 1.86 bits per heavy atom. The van der Waals surface area contributed by atoms with Gasteiger partial charge >= 0.3 is 0 Å². The minimum absolute atomic E-state index is 0.263. The van der Waals surface area contributed by atoms with Crippen LogP contribution in [0.25, 0.3) is 10.9 Å². The van der Waals surface area contributed by atoms with E-state index in [1.165, 1.54) is 12.1 Å². The molecule has 0 atom stereocenters. The number of carbonyl (C=O) groups excluding carboxylic acids is 1. The molecule has 1 amide bonds. The van der Waals surface area contributed by atoms with Gasteiger partial charge in [0.1, 0.15) is 5.82 Å². The lowest BCUT2D eigenvalue weighted by Crippen LogP contribution is -2.30. The fourth-order valence-corrected chi connectivity index (χ4v) is 2.77. The van der Waals surface area contributed by atoms with E-state index in [2.05, 4.69) is 5.43 Å². The lowest BCUT2D eigenvalue weighted by atomic mass is 10.1. The minimum Gasteiger partial charge on any atom is -0.340 e. The van der Waals surface area contributed by atoms with Gasteiger partial charge in [-0.25, -0.2) is 10.2 Å². The predicted molar refractivity (Wildman–Crippen MR) is 83.8 cm³/mol. The van der Waals surface area contributed by atoms with Crippen LogP contribution in [0.1, 0.15) is 21.6 Å². The molecule has 3 N–H and O–H groups in total. The molecule has 3 rings (SSSR count). The summed E-state index contributed by atoms with van der Waals surface area (Å²) in [7, 11) is 0. The van der Waals surface area contributed by atoms with Crippen LogP contribution in [0.3, 0.4) is 0 Å². The minimum atomic E-state index is -0.313. The van der Waals surface area contributed by atoms with Crippen molar-refractivity contribution in [2.75, 3.05) is 0 Å². The van der Waals surface area contributed by atoms with Gasteiger partial charge in [0.25, 0.3) is 5.91 Å². The monoisotopic (exact) mass is 297 g/mol. The molecule has 3 aromatic rings. The molecule has 0 aliphatic rings. The molecule has 0 saturated carbocycles. The Morgan fingerprint density at radius 1 is 1.18 bits per heavy atom. The van der Waals surface area contributed by atoms with Gasteiger partial charge in [0.2, 0.25) is 0 Å². The normalized spacial score (nSPS) is 10.9. The third-order valence-electron chi connectivity index (χ3n) is 3.84. The summed E-state index contributed by atoms with van der Waals surface area (Å²) in [6.07, 6.45) is 0. The van der Waals surface area contributed by atoms with Gasteiger partial charge in [-0.15, -0.1) is 0 Å². The van der Waals surface area contributed by atoms with E-state index in [0.717, 1.165) is 22.2 Å². The van der Waals surface area contributed by atoms with Crippen LogP contribution in [0, 0.1) is 12.7 Å². The van der Waals surface area contributed by atoms with Crippen molar-refractivity contribution in [1.29, 1.82) is 0 Å².